The number of alkyl halides is 3. The van der Waals surface area contributed by atoms with Gasteiger partial charge in [-0.2, -0.15) is 13.2 Å². The van der Waals surface area contributed by atoms with Gasteiger partial charge in [0, 0.05) is 70.9 Å². The van der Waals surface area contributed by atoms with Gasteiger partial charge in [0.1, 0.15) is 0 Å². The average molecular weight is 398 g/mol. The second-order valence-corrected chi connectivity index (χ2v) is 7.09. The van der Waals surface area contributed by atoms with E-state index >= 15 is 0 Å². The minimum Gasteiger partial charge on any atom is -0.340 e. The predicted octanol–water partition coefficient (Wildman–Crippen LogP) is 1.29. The zero-order chi connectivity index (χ0) is 20.1. The van der Waals surface area contributed by atoms with E-state index in [0.29, 0.717) is 39.1 Å². The molecule has 0 saturated carbocycles. The van der Waals surface area contributed by atoms with Crippen molar-refractivity contribution in [1.82, 2.24) is 20.0 Å². The zero-order valence-corrected chi connectivity index (χ0v) is 15.7. The highest BCUT2D eigenvalue weighted by Gasteiger charge is 2.30. The topological polar surface area (TPSA) is 55.9 Å². The van der Waals surface area contributed by atoms with Crippen molar-refractivity contribution in [2.24, 2.45) is 0 Å². The molecule has 28 heavy (non-hydrogen) atoms. The largest absolute Gasteiger partial charge is 0.416 e. The predicted molar refractivity (Wildman–Crippen MR) is 97.9 cm³/mol. The third-order valence-corrected chi connectivity index (χ3v) is 5.23. The highest BCUT2D eigenvalue weighted by molar-refractivity contribution is 5.94. The van der Waals surface area contributed by atoms with E-state index in [2.05, 4.69) is 10.2 Å². The number of carbonyl (C=O) groups excluding carboxylic acids is 2. The number of benzene rings is 1. The Morgan fingerprint density at radius 2 is 1.50 bits per heavy atom. The number of hydrogen-bond acceptors (Lipinski definition) is 4. The summed E-state index contributed by atoms with van der Waals surface area (Å²) in [6.45, 7) is 6.12. The summed E-state index contributed by atoms with van der Waals surface area (Å²) in [7, 11) is 0. The molecule has 2 amide bonds. The van der Waals surface area contributed by atoms with Crippen LogP contribution in [0.25, 0.3) is 0 Å². The van der Waals surface area contributed by atoms with Crippen molar-refractivity contribution in [1.29, 1.82) is 0 Å². The quantitative estimate of drug-likeness (QED) is 0.831. The van der Waals surface area contributed by atoms with Gasteiger partial charge in [-0.25, -0.2) is 0 Å². The van der Waals surface area contributed by atoms with Gasteiger partial charge in [0.2, 0.25) is 5.91 Å². The van der Waals surface area contributed by atoms with E-state index in [9.17, 15) is 22.8 Å². The molecule has 154 valence electrons. The molecular formula is C19H25F3N4O2. The number of amides is 2. The Bertz CT molecular complexity index is 679. The molecule has 0 unspecified atom stereocenters. The second kappa shape index (κ2) is 8.91. The van der Waals surface area contributed by atoms with Gasteiger partial charge in [0.15, 0.2) is 0 Å². The molecule has 0 aromatic heterocycles. The first-order valence-electron chi connectivity index (χ1n) is 9.52. The summed E-state index contributed by atoms with van der Waals surface area (Å²) in [6.07, 6.45) is -3.94. The van der Waals surface area contributed by atoms with E-state index in [4.69, 9.17) is 0 Å². The summed E-state index contributed by atoms with van der Waals surface area (Å²) in [5.74, 6) is -0.102. The molecule has 1 aromatic rings. The van der Waals surface area contributed by atoms with E-state index in [0.717, 1.165) is 38.3 Å². The maximum Gasteiger partial charge on any atom is 0.416 e. The molecule has 0 bridgehead atoms. The molecular weight excluding hydrogens is 373 g/mol. The van der Waals surface area contributed by atoms with Crippen LogP contribution in [-0.4, -0.2) is 85.4 Å². The standard InChI is InChI=1S/C19H25F3N4O2/c20-19(21,22)16-3-1-15(2-4-16)18(28)26-13-11-24(12-14-26)8-5-17(27)25-9-6-23-7-10-25/h1-4,23H,5-14H2. The van der Waals surface area contributed by atoms with Crippen LogP contribution in [0.4, 0.5) is 13.2 Å². The number of nitrogens with zero attached hydrogens (tertiary/aromatic N) is 3. The molecule has 0 spiro atoms. The van der Waals surface area contributed by atoms with Crippen LogP contribution in [0.2, 0.25) is 0 Å². The van der Waals surface area contributed by atoms with Gasteiger partial charge in [-0.05, 0) is 24.3 Å². The van der Waals surface area contributed by atoms with Crippen LogP contribution >= 0.6 is 0 Å². The summed E-state index contributed by atoms with van der Waals surface area (Å²) in [5, 5.41) is 3.22. The summed E-state index contributed by atoms with van der Waals surface area (Å²) in [5.41, 5.74) is -0.502. The molecule has 2 saturated heterocycles. The molecule has 1 N–H and O–H groups in total. The molecule has 2 fully saturated rings. The van der Waals surface area contributed by atoms with Crippen LogP contribution in [0, 0.1) is 0 Å². The van der Waals surface area contributed by atoms with Crippen molar-refractivity contribution in [2.45, 2.75) is 12.6 Å². The van der Waals surface area contributed by atoms with E-state index < -0.39 is 11.7 Å². The maximum atomic E-state index is 12.6. The second-order valence-electron chi connectivity index (χ2n) is 7.09. The van der Waals surface area contributed by atoms with Crippen molar-refractivity contribution < 1.29 is 22.8 Å². The van der Waals surface area contributed by atoms with Crippen LogP contribution < -0.4 is 5.32 Å². The number of nitrogens with one attached hydrogen (secondary N) is 1. The van der Waals surface area contributed by atoms with Crippen LogP contribution in [0.3, 0.4) is 0 Å². The van der Waals surface area contributed by atoms with Crippen molar-refractivity contribution in [3.63, 3.8) is 0 Å². The molecule has 9 heteroatoms. The molecule has 2 heterocycles. The fourth-order valence-electron chi connectivity index (χ4n) is 3.49. The third-order valence-electron chi connectivity index (χ3n) is 5.23. The monoisotopic (exact) mass is 398 g/mol. The number of halogens is 3. The van der Waals surface area contributed by atoms with Gasteiger partial charge < -0.3 is 15.1 Å². The van der Waals surface area contributed by atoms with Crippen LogP contribution in [-0.2, 0) is 11.0 Å². The molecule has 3 rings (SSSR count). The average Bonchev–Trinajstić information content (AvgIpc) is 2.72. The smallest absolute Gasteiger partial charge is 0.340 e. The highest BCUT2D eigenvalue weighted by atomic mass is 19.4. The van der Waals surface area contributed by atoms with Gasteiger partial charge in [0.05, 0.1) is 5.56 Å². The van der Waals surface area contributed by atoms with Crippen molar-refractivity contribution in [3.8, 4) is 0 Å². The first-order valence-corrected chi connectivity index (χ1v) is 9.52. The molecule has 1 aromatic carbocycles. The van der Waals surface area contributed by atoms with Crippen molar-refractivity contribution >= 4 is 11.8 Å². The molecule has 2 aliphatic heterocycles. The van der Waals surface area contributed by atoms with Crippen molar-refractivity contribution in [2.75, 3.05) is 58.9 Å². The Hall–Kier alpha value is -2.13. The highest BCUT2D eigenvalue weighted by Crippen LogP contribution is 2.29. The number of rotatable bonds is 4. The Morgan fingerprint density at radius 3 is 2.07 bits per heavy atom. The van der Waals surface area contributed by atoms with Gasteiger partial charge >= 0.3 is 6.18 Å². The molecule has 0 atom stereocenters. The van der Waals surface area contributed by atoms with E-state index in [-0.39, 0.29) is 17.4 Å². The first kappa shape index (κ1) is 20.6. The summed E-state index contributed by atoms with van der Waals surface area (Å²) in [6, 6.07) is 4.32. The summed E-state index contributed by atoms with van der Waals surface area (Å²) < 4.78 is 37.9. The number of piperazine rings is 2. The SMILES string of the molecule is O=C(CCN1CCN(C(=O)c2ccc(C(F)(F)F)cc2)CC1)N1CCNCC1. The molecule has 0 radical (unpaired) electrons. The van der Waals surface area contributed by atoms with E-state index in [1.54, 1.807) is 4.90 Å². The molecule has 2 aliphatic rings. The maximum absolute atomic E-state index is 12.6. The minimum absolute atomic E-state index is 0.157. The van der Waals surface area contributed by atoms with Gasteiger partial charge in [-0.3, -0.25) is 14.5 Å². The Labute approximate surface area is 162 Å². The Kier molecular flexibility index (Phi) is 6.56. The first-order chi connectivity index (χ1) is 13.3. The lowest BCUT2D eigenvalue weighted by atomic mass is 10.1. The van der Waals surface area contributed by atoms with Crippen LogP contribution in [0.1, 0.15) is 22.3 Å². The lowest BCUT2D eigenvalue weighted by molar-refractivity contribution is -0.137. The Balaban J connectivity index is 1.44. The number of carbonyl (C=O) groups is 2. The summed E-state index contributed by atoms with van der Waals surface area (Å²) in [4.78, 5) is 30.4. The fourth-order valence-corrected chi connectivity index (χ4v) is 3.49. The van der Waals surface area contributed by atoms with Gasteiger partial charge in [0.25, 0.3) is 5.91 Å². The normalized spacial score (nSPS) is 19.0. The van der Waals surface area contributed by atoms with Crippen LogP contribution in [0.15, 0.2) is 24.3 Å². The minimum atomic E-state index is -4.41. The Morgan fingerprint density at radius 1 is 0.893 bits per heavy atom. The molecule has 6 nitrogen and oxygen atoms in total. The number of hydrogen-bond donors (Lipinski definition) is 1. The van der Waals surface area contributed by atoms with Gasteiger partial charge in [-0.1, -0.05) is 0 Å². The fraction of sp³-hybridized carbons (Fsp3) is 0.579. The van der Waals surface area contributed by atoms with E-state index in [1.807, 2.05) is 4.90 Å². The van der Waals surface area contributed by atoms with Gasteiger partial charge in [-0.15, -0.1) is 0 Å². The third kappa shape index (κ3) is 5.23. The lowest BCUT2D eigenvalue weighted by Gasteiger charge is -2.35. The molecule has 0 aliphatic carbocycles. The zero-order valence-electron chi connectivity index (χ0n) is 15.7. The van der Waals surface area contributed by atoms with Crippen molar-refractivity contribution in [3.05, 3.63) is 35.4 Å². The van der Waals surface area contributed by atoms with E-state index in [1.165, 1.54) is 12.1 Å². The lowest BCUT2D eigenvalue weighted by Crippen LogP contribution is -2.50. The summed E-state index contributed by atoms with van der Waals surface area (Å²) >= 11 is 0. The van der Waals surface area contributed by atoms with Crippen LogP contribution in [0.5, 0.6) is 0 Å².